The number of likely N-dealkylation sites (tertiary alicyclic amines) is 1. The van der Waals surface area contributed by atoms with Crippen molar-refractivity contribution in [1.29, 1.82) is 0 Å². The summed E-state index contributed by atoms with van der Waals surface area (Å²) in [5.41, 5.74) is -2.09. The molecule has 1 aromatic heterocycles. The van der Waals surface area contributed by atoms with Crippen LogP contribution in [-0.2, 0) is 34.8 Å². The molecule has 8 rings (SSSR count). The van der Waals surface area contributed by atoms with Crippen LogP contribution >= 0.6 is 22.5 Å². The van der Waals surface area contributed by atoms with Crippen LogP contribution in [0.5, 0.6) is 0 Å². The van der Waals surface area contributed by atoms with Crippen molar-refractivity contribution in [2.75, 3.05) is 77.7 Å². The number of allylic oxidation sites excluding steroid dienone is 2. The molecule has 73 heavy (non-hydrogen) atoms. The minimum Gasteiger partial charge on any atom is -0.380 e. The fraction of sp³-hybridized carbons (Fsp3) is 0.373. The molecule has 393 valence electrons. The fourth-order valence-corrected chi connectivity index (χ4v) is 15.0. The molecular weight excluding hydrogens is 1050 g/mol. The number of sulfone groups is 2. The molecule has 0 saturated carbocycles. The number of aromatic nitrogens is 1. The van der Waals surface area contributed by atoms with Crippen LogP contribution in [0.15, 0.2) is 123 Å². The van der Waals surface area contributed by atoms with Crippen LogP contribution in [0.3, 0.4) is 0 Å². The van der Waals surface area contributed by atoms with Gasteiger partial charge in [0.2, 0.25) is 0 Å². The highest BCUT2D eigenvalue weighted by Crippen LogP contribution is 2.45. The number of piperidine rings is 1. The molecule has 3 aliphatic rings. The summed E-state index contributed by atoms with van der Waals surface area (Å²) in [7, 11) is -15.2. The van der Waals surface area contributed by atoms with Crippen molar-refractivity contribution >= 4 is 74.9 Å². The topological polar surface area (TPSA) is 161 Å². The van der Waals surface area contributed by atoms with Crippen molar-refractivity contribution in [3.05, 3.63) is 124 Å². The summed E-state index contributed by atoms with van der Waals surface area (Å²) in [5, 5.41) is 19.4. The largest absolute Gasteiger partial charge is 0.501 e. The molecule has 5 aromatic rings. The summed E-state index contributed by atoms with van der Waals surface area (Å²) in [6.45, 7) is 9.18. The Morgan fingerprint density at radius 1 is 0.781 bits per heavy atom. The van der Waals surface area contributed by atoms with E-state index in [1.54, 1.807) is 37.3 Å². The molecule has 3 aliphatic heterocycles. The van der Waals surface area contributed by atoms with Crippen LogP contribution in [0.2, 0.25) is 5.02 Å². The summed E-state index contributed by atoms with van der Waals surface area (Å²) in [4.78, 5) is 4.36. The lowest BCUT2D eigenvalue weighted by Crippen LogP contribution is -2.46. The van der Waals surface area contributed by atoms with E-state index in [4.69, 9.17) is 11.6 Å². The van der Waals surface area contributed by atoms with Gasteiger partial charge in [0.25, 0.3) is 19.9 Å². The van der Waals surface area contributed by atoms with Gasteiger partial charge in [-0.05, 0) is 135 Å². The molecular formula is C51H58ClF4N6O7S4. The zero-order chi connectivity index (χ0) is 52.6. The SMILES string of the molecule is Cc1c(S(C)(=O)=O)c(-c2cc(F)cc(N3CCN(c4ccc(NS(=O)(=O)c5ccc(NC(CCN6CCC([O])CC6)C[SH]6C=CC=C6)c(S(=O)(=O)C(F)(F)F)c5)cc4)CC3)c2)c(-c2ccc(Cl)cc2)n1C(C)C. The normalized spacial score (nSPS) is 17.2. The standard InChI is InChI=1S/C51H58ClF4N6O7S4/c1-34(2)62-35(3)50(71(4,64)65)48(49(62)36-7-9-38(52)10-8-36)37-29-39(53)31-43(30-37)61-25-23-60(24-26-61)42-13-11-40(12-14-42)58-73(68,69)45-15-16-46(47(32-45)72(66,67)51(54,55)56)57-41(33-70-27-5-6-28-70)17-20-59-21-18-44(63)19-22-59/h5-16,27-32,34,41,44,57-58,70H,17-26,33H2,1-4H3. The second-order valence-electron chi connectivity index (χ2n) is 18.9. The van der Waals surface area contributed by atoms with Crippen LogP contribution in [0.1, 0.15) is 44.8 Å². The Morgan fingerprint density at radius 2 is 1.40 bits per heavy atom. The van der Waals surface area contributed by atoms with Crippen molar-refractivity contribution in [2.45, 2.75) is 78.4 Å². The average Bonchev–Trinajstić information content (AvgIpc) is 3.97. The lowest BCUT2D eigenvalue weighted by molar-refractivity contribution is -0.0435. The predicted molar refractivity (Wildman–Crippen MR) is 284 cm³/mol. The van der Waals surface area contributed by atoms with E-state index in [0.717, 1.165) is 24.1 Å². The van der Waals surface area contributed by atoms with Gasteiger partial charge in [-0.2, -0.15) is 13.2 Å². The first kappa shape index (κ1) is 54.2. The highest BCUT2D eigenvalue weighted by molar-refractivity contribution is 8.22. The second-order valence-corrected chi connectivity index (χ2v) is 26.8. The van der Waals surface area contributed by atoms with Gasteiger partial charge < -0.3 is 24.6 Å². The number of nitrogens with zero attached hydrogens (tertiary/aromatic N) is 4. The molecule has 2 saturated heterocycles. The van der Waals surface area contributed by atoms with Gasteiger partial charge in [-0.15, -0.1) is 0 Å². The van der Waals surface area contributed by atoms with Gasteiger partial charge in [0.1, 0.15) is 10.7 Å². The quantitative estimate of drug-likeness (QED) is 0.0604. The first-order valence-electron chi connectivity index (χ1n) is 23.7. The Hall–Kier alpha value is -5.03. The summed E-state index contributed by atoms with van der Waals surface area (Å²) < 4.78 is 144. The Bertz CT molecular complexity index is 3220. The number of piperazine rings is 1. The minimum atomic E-state index is -6.04. The third-order valence-electron chi connectivity index (χ3n) is 13.3. The minimum absolute atomic E-state index is 0.0751. The van der Waals surface area contributed by atoms with Gasteiger partial charge in [-0.3, -0.25) is 4.72 Å². The van der Waals surface area contributed by atoms with Gasteiger partial charge in [-0.1, -0.05) is 35.9 Å². The van der Waals surface area contributed by atoms with E-state index in [-0.39, 0.29) is 22.3 Å². The van der Waals surface area contributed by atoms with E-state index in [1.807, 2.05) is 63.3 Å². The molecule has 1 unspecified atom stereocenters. The van der Waals surface area contributed by atoms with E-state index in [1.165, 1.54) is 24.3 Å². The summed E-state index contributed by atoms with van der Waals surface area (Å²) in [6.07, 6.45) is 5.68. The van der Waals surface area contributed by atoms with Crippen LogP contribution in [-0.4, -0.2) is 110 Å². The molecule has 22 heteroatoms. The molecule has 0 spiro atoms. The van der Waals surface area contributed by atoms with E-state index >= 15 is 4.39 Å². The van der Waals surface area contributed by atoms with Crippen LogP contribution in [0, 0.1) is 12.7 Å². The van der Waals surface area contributed by atoms with Crippen molar-refractivity contribution in [2.24, 2.45) is 0 Å². The average molecular weight is 1110 g/mol. The number of hydrogen-bond donors (Lipinski definition) is 3. The molecule has 4 aromatic carbocycles. The number of benzene rings is 4. The maximum Gasteiger partial charge on any atom is 0.501 e. The molecule has 0 aliphatic carbocycles. The first-order chi connectivity index (χ1) is 34.4. The maximum absolute atomic E-state index is 15.7. The van der Waals surface area contributed by atoms with Crippen LogP contribution < -0.4 is 19.8 Å². The van der Waals surface area contributed by atoms with E-state index in [2.05, 4.69) is 14.9 Å². The van der Waals surface area contributed by atoms with Crippen molar-refractivity contribution in [1.82, 2.24) is 9.47 Å². The smallest absolute Gasteiger partial charge is 0.380 e. The van der Waals surface area contributed by atoms with Crippen molar-refractivity contribution in [3.63, 3.8) is 0 Å². The number of hydrogen-bond acceptors (Lipinski definition) is 10. The van der Waals surface area contributed by atoms with E-state index in [9.17, 15) is 43.5 Å². The van der Waals surface area contributed by atoms with Crippen molar-refractivity contribution < 1.29 is 47.9 Å². The number of nitrogens with one attached hydrogen (secondary N) is 2. The second kappa shape index (κ2) is 21.7. The van der Waals surface area contributed by atoms with Gasteiger partial charge >= 0.3 is 5.51 Å². The summed E-state index contributed by atoms with van der Waals surface area (Å²) >= 11 is 6.24. The highest BCUT2D eigenvalue weighted by Gasteiger charge is 2.48. The first-order valence-corrected chi connectivity index (χ1v) is 30.6. The molecule has 13 nitrogen and oxygen atoms in total. The molecule has 1 atom stereocenters. The molecule has 0 amide bonds. The number of alkyl halides is 3. The number of thiol groups is 1. The molecule has 0 bridgehead atoms. The highest BCUT2D eigenvalue weighted by atomic mass is 35.5. The van der Waals surface area contributed by atoms with Crippen molar-refractivity contribution in [3.8, 4) is 22.4 Å². The maximum atomic E-state index is 15.7. The molecule has 2 fully saturated rings. The van der Waals surface area contributed by atoms with Gasteiger partial charge in [0, 0.05) is 103 Å². The third-order valence-corrected chi connectivity index (χ3v) is 19.7. The van der Waals surface area contributed by atoms with E-state index < -0.39 is 73.9 Å². The van der Waals surface area contributed by atoms with Crippen LogP contribution in [0.4, 0.5) is 40.3 Å². The van der Waals surface area contributed by atoms with Gasteiger partial charge in [0.15, 0.2) is 9.84 Å². The van der Waals surface area contributed by atoms with Gasteiger partial charge in [0.05, 0.1) is 27.3 Å². The Labute approximate surface area is 432 Å². The molecule has 4 heterocycles. The van der Waals surface area contributed by atoms with Gasteiger partial charge in [-0.25, -0.2) is 45.6 Å². The predicted octanol–water partition coefficient (Wildman–Crippen LogP) is 10.4. The Balaban J connectivity index is 0.985. The lowest BCUT2D eigenvalue weighted by Gasteiger charge is -2.37. The third kappa shape index (κ3) is 12.2. The summed E-state index contributed by atoms with van der Waals surface area (Å²) in [5.74, 6) is -0.0562. The van der Waals surface area contributed by atoms with Crippen LogP contribution in [0.25, 0.3) is 22.4 Å². The monoisotopic (exact) mass is 1110 g/mol. The fourth-order valence-electron chi connectivity index (χ4n) is 9.81. The number of halogens is 5. The molecule has 1 radical (unpaired) electrons. The zero-order valence-corrected chi connectivity index (χ0v) is 44.7. The van der Waals surface area contributed by atoms with E-state index in [0.29, 0.717) is 116 Å². The number of anilines is 4. The molecule has 2 N–H and O–H groups in total. The summed E-state index contributed by atoms with van der Waals surface area (Å²) in [6, 6.07) is 20.0. The number of sulfonamides is 1. The lowest BCUT2D eigenvalue weighted by atomic mass is 9.99. The Kier molecular flexibility index (Phi) is 16.1. The Morgan fingerprint density at radius 3 is 1.99 bits per heavy atom. The zero-order valence-electron chi connectivity index (χ0n) is 40.6. The number of rotatable bonds is 17.